The topological polar surface area (TPSA) is 9.23 Å². The fourth-order valence-electron chi connectivity index (χ4n) is 2.25. The average Bonchev–Trinajstić information content (AvgIpc) is 2.15. The zero-order chi connectivity index (χ0) is 11.6. The lowest BCUT2D eigenvalue weighted by Crippen LogP contribution is -2.37. The molecule has 1 aromatic carbocycles. The Hall–Kier alpha value is -0.500. The molecule has 0 aliphatic heterocycles. The van der Waals surface area contributed by atoms with Gasteiger partial charge in [0.05, 0.1) is 6.61 Å². The molecule has 0 saturated heterocycles. The molecule has 0 heterocycles. The third kappa shape index (κ3) is 2.60. The minimum Gasteiger partial charge on any atom is -0.493 e. The minimum absolute atomic E-state index is 0.400. The Morgan fingerprint density at radius 2 is 1.81 bits per heavy atom. The van der Waals surface area contributed by atoms with Gasteiger partial charge in [-0.05, 0) is 49.9 Å². The minimum atomic E-state index is 0.400. The van der Waals surface area contributed by atoms with Gasteiger partial charge in [-0.1, -0.05) is 28.4 Å². The number of benzene rings is 1. The van der Waals surface area contributed by atoms with Crippen molar-refractivity contribution >= 4 is 15.9 Å². The summed E-state index contributed by atoms with van der Waals surface area (Å²) in [6.45, 7) is 5.08. The molecule has 2 heteroatoms. The van der Waals surface area contributed by atoms with Gasteiger partial charge in [0.2, 0.25) is 0 Å². The molecular formula is C14H19BrO. The largest absolute Gasteiger partial charge is 0.493 e. The van der Waals surface area contributed by atoms with Crippen molar-refractivity contribution in [1.29, 1.82) is 0 Å². The number of halogens is 1. The number of rotatable bonds is 4. The normalized spacial score (nSPS) is 17.9. The maximum atomic E-state index is 5.94. The smallest absolute Gasteiger partial charge is 0.119 e. The summed E-state index contributed by atoms with van der Waals surface area (Å²) >= 11 is 3.61. The summed E-state index contributed by atoms with van der Waals surface area (Å²) in [4.78, 5) is 0. The highest BCUT2D eigenvalue weighted by Crippen LogP contribution is 2.42. The van der Waals surface area contributed by atoms with Crippen LogP contribution in [0.2, 0.25) is 0 Å². The van der Waals surface area contributed by atoms with Crippen molar-refractivity contribution in [3.05, 3.63) is 29.3 Å². The van der Waals surface area contributed by atoms with Crippen LogP contribution in [0.3, 0.4) is 0 Å². The molecule has 2 rings (SSSR count). The van der Waals surface area contributed by atoms with Crippen LogP contribution < -0.4 is 4.74 Å². The van der Waals surface area contributed by atoms with E-state index in [1.807, 2.05) is 0 Å². The Labute approximate surface area is 106 Å². The Bertz CT molecular complexity index is 343. The summed E-state index contributed by atoms with van der Waals surface area (Å²) in [6, 6.07) is 6.41. The first-order chi connectivity index (χ1) is 7.63. The molecule has 16 heavy (non-hydrogen) atoms. The maximum Gasteiger partial charge on any atom is 0.119 e. The van der Waals surface area contributed by atoms with Gasteiger partial charge in [-0.25, -0.2) is 0 Å². The van der Waals surface area contributed by atoms with E-state index in [9.17, 15) is 0 Å². The van der Waals surface area contributed by atoms with E-state index in [4.69, 9.17) is 4.74 Å². The predicted octanol–water partition coefficient (Wildman–Crippen LogP) is 4.25. The lowest BCUT2D eigenvalue weighted by atomic mass is 9.71. The molecule has 88 valence electrons. The highest BCUT2D eigenvalue weighted by Gasteiger charge is 2.36. The summed E-state index contributed by atoms with van der Waals surface area (Å²) < 4.78 is 5.94. The molecule has 1 aliphatic rings. The van der Waals surface area contributed by atoms with E-state index in [0.29, 0.717) is 5.41 Å². The highest BCUT2D eigenvalue weighted by molar-refractivity contribution is 9.09. The molecule has 0 unspecified atom stereocenters. The fraction of sp³-hybridized carbons (Fsp3) is 0.571. The maximum absolute atomic E-state index is 5.94. The van der Waals surface area contributed by atoms with E-state index in [2.05, 4.69) is 48.0 Å². The van der Waals surface area contributed by atoms with E-state index < -0.39 is 0 Å². The number of hydrogen-bond donors (Lipinski definition) is 0. The van der Waals surface area contributed by atoms with Crippen molar-refractivity contribution in [3.63, 3.8) is 0 Å². The number of ether oxygens (including phenoxy) is 1. The van der Waals surface area contributed by atoms with Gasteiger partial charge in [-0.3, -0.25) is 0 Å². The van der Waals surface area contributed by atoms with Crippen LogP contribution in [-0.2, 0) is 0 Å². The van der Waals surface area contributed by atoms with Crippen LogP contribution in [0.15, 0.2) is 18.2 Å². The Morgan fingerprint density at radius 1 is 1.19 bits per heavy atom. The molecule has 1 aromatic rings. The monoisotopic (exact) mass is 282 g/mol. The second-order valence-electron chi connectivity index (χ2n) is 5.10. The van der Waals surface area contributed by atoms with Crippen molar-refractivity contribution < 1.29 is 4.74 Å². The summed E-state index contributed by atoms with van der Waals surface area (Å²) in [5, 5.41) is 1.06. The summed E-state index contributed by atoms with van der Waals surface area (Å²) in [7, 11) is 0. The van der Waals surface area contributed by atoms with Gasteiger partial charge in [-0.15, -0.1) is 0 Å². The van der Waals surface area contributed by atoms with E-state index in [-0.39, 0.29) is 0 Å². The van der Waals surface area contributed by atoms with E-state index >= 15 is 0 Å². The van der Waals surface area contributed by atoms with Gasteiger partial charge in [0.15, 0.2) is 0 Å². The SMILES string of the molecule is Cc1cc(C)cc(OCC2(CBr)CCC2)c1. The third-order valence-electron chi connectivity index (χ3n) is 3.44. The first-order valence-corrected chi connectivity index (χ1v) is 7.03. The molecule has 0 bridgehead atoms. The summed E-state index contributed by atoms with van der Waals surface area (Å²) in [5.41, 5.74) is 2.95. The van der Waals surface area contributed by atoms with Gasteiger partial charge in [0.25, 0.3) is 0 Å². The van der Waals surface area contributed by atoms with Crippen LogP contribution in [0.25, 0.3) is 0 Å². The van der Waals surface area contributed by atoms with Crippen LogP contribution in [0.5, 0.6) is 5.75 Å². The summed E-state index contributed by atoms with van der Waals surface area (Å²) in [6.07, 6.45) is 3.94. The van der Waals surface area contributed by atoms with Gasteiger partial charge < -0.3 is 4.74 Å². The fourth-order valence-corrected chi connectivity index (χ4v) is 2.97. The van der Waals surface area contributed by atoms with E-state index in [0.717, 1.165) is 17.7 Å². The second-order valence-corrected chi connectivity index (χ2v) is 5.66. The molecule has 0 atom stereocenters. The number of aryl methyl sites for hydroxylation is 2. The molecule has 0 N–H and O–H groups in total. The van der Waals surface area contributed by atoms with Crippen LogP contribution in [0.1, 0.15) is 30.4 Å². The first kappa shape index (κ1) is 12.0. The van der Waals surface area contributed by atoms with Gasteiger partial charge in [0.1, 0.15) is 5.75 Å². The molecule has 0 aromatic heterocycles. The standard InChI is InChI=1S/C14H19BrO/c1-11-6-12(2)8-13(7-11)16-10-14(9-15)4-3-5-14/h6-8H,3-5,9-10H2,1-2H3. The van der Waals surface area contributed by atoms with E-state index in [1.165, 1.54) is 30.4 Å². The molecule has 1 fully saturated rings. The lowest BCUT2D eigenvalue weighted by Gasteiger charge is -2.40. The van der Waals surface area contributed by atoms with Crippen LogP contribution >= 0.6 is 15.9 Å². The van der Waals surface area contributed by atoms with Crippen molar-refractivity contribution in [2.45, 2.75) is 33.1 Å². The molecular weight excluding hydrogens is 264 g/mol. The Kier molecular flexibility index (Phi) is 3.58. The van der Waals surface area contributed by atoms with Gasteiger partial charge >= 0.3 is 0 Å². The van der Waals surface area contributed by atoms with Crippen LogP contribution in [-0.4, -0.2) is 11.9 Å². The summed E-state index contributed by atoms with van der Waals surface area (Å²) in [5.74, 6) is 1.02. The molecule has 1 aliphatic carbocycles. The lowest BCUT2D eigenvalue weighted by molar-refractivity contribution is 0.0837. The number of alkyl halides is 1. The van der Waals surface area contributed by atoms with Crippen molar-refractivity contribution in [2.24, 2.45) is 5.41 Å². The predicted molar refractivity (Wildman–Crippen MR) is 71.5 cm³/mol. The zero-order valence-corrected chi connectivity index (χ0v) is 11.6. The van der Waals surface area contributed by atoms with Gasteiger partial charge in [-0.2, -0.15) is 0 Å². The van der Waals surface area contributed by atoms with E-state index in [1.54, 1.807) is 0 Å². The van der Waals surface area contributed by atoms with Crippen molar-refractivity contribution in [3.8, 4) is 5.75 Å². The average molecular weight is 283 g/mol. The quantitative estimate of drug-likeness (QED) is 0.751. The Balaban J connectivity index is 1.98. The number of hydrogen-bond acceptors (Lipinski definition) is 1. The Morgan fingerprint density at radius 3 is 2.25 bits per heavy atom. The van der Waals surface area contributed by atoms with Crippen molar-refractivity contribution in [1.82, 2.24) is 0 Å². The van der Waals surface area contributed by atoms with Crippen LogP contribution in [0, 0.1) is 19.3 Å². The molecule has 0 amide bonds. The van der Waals surface area contributed by atoms with Gasteiger partial charge in [0, 0.05) is 10.7 Å². The zero-order valence-electron chi connectivity index (χ0n) is 10.1. The van der Waals surface area contributed by atoms with Crippen molar-refractivity contribution in [2.75, 3.05) is 11.9 Å². The van der Waals surface area contributed by atoms with Crippen LogP contribution in [0.4, 0.5) is 0 Å². The molecule has 0 spiro atoms. The molecule has 0 radical (unpaired) electrons. The first-order valence-electron chi connectivity index (χ1n) is 5.91. The second kappa shape index (κ2) is 4.79. The third-order valence-corrected chi connectivity index (χ3v) is 4.63. The highest BCUT2D eigenvalue weighted by atomic mass is 79.9. The molecule has 1 saturated carbocycles. The molecule has 1 nitrogen and oxygen atoms in total.